The van der Waals surface area contributed by atoms with E-state index in [2.05, 4.69) is 18.4 Å². The summed E-state index contributed by atoms with van der Waals surface area (Å²) < 4.78 is 23.9. The summed E-state index contributed by atoms with van der Waals surface area (Å²) in [5.74, 6) is 6.44. The predicted octanol–water partition coefficient (Wildman–Crippen LogP) is 6.44. The molecule has 0 amide bonds. The molecule has 0 radical (unpaired) electrons. The summed E-state index contributed by atoms with van der Waals surface area (Å²) >= 11 is 0. The van der Waals surface area contributed by atoms with Crippen molar-refractivity contribution in [3.63, 3.8) is 0 Å². The largest absolute Gasteiger partial charge is 0.494 e. The molecule has 0 N–H and O–H groups in total. The van der Waals surface area contributed by atoms with Gasteiger partial charge in [-0.25, -0.2) is 9.18 Å². The molecule has 32 heavy (non-hydrogen) atoms. The molecule has 3 rings (SSSR count). The summed E-state index contributed by atoms with van der Waals surface area (Å²) in [6, 6.07) is 18.2. The van der Waals surface area contributed by atoms with Gasteiger partial charge < -0.3 is 9.47 Å². The monoisotopic (exact) mass is 430 g/mol. The van der Waals surface area contributed by atoms with Crippen molar-refractivity contribution in [2.45, 2.75) is 32.6 Å². The first kappa shape index (κ1) is 23.1. The Kier molecular flexibility index (Phi) is 8.45. The number of halogens is 1. The lowest BCUT2D eigenvalue weighted by atomic mass is 10.1. The van der Waals surface area contributed by atoms with Gasteiger partial charge in [-0.2, -0.15) is 0 Å². The maximum Gasteiger partial charge on any atom is 0.333 e. The third-order valence-corrected chi connectivity index (χ3v) is 4.90. The number of ether oxygens (including phenoxy) is 2. The average molecular weight is 431 g/mol. The highest BCUT2D eigenvalue weighted by atomic mass is 19.1. The second-order valence-electron chi connectivity index (χ2n) is 7.66. The van der Waals surface area contributed by atoms with Crippen molar-refractivity contribution in [3.8, 4) is 17.6 Å². The Morgan fingerprint density at radius 2 is 1.47 bits per heavy atom. The maximum atomic E-state index is 13.0. The number of unbranched alkanes of at least 4 members (excludes halogenated alkanes) is 3. The van der Waals surface area contributed by atoms with E-state index in [9.17, 15) is 9.18 Å². The summed E-state index contributed by atoms with van der Waals surface area (Å²) in [5.41, 5.74) is 2.12. The van der Waals surface area contributed by atoms with Crippen molar-refractivity contribution in [1.29, 1.82) is 0 Å². The van der Waals surface area contributed by atoms with Crippen LogP contribution in [0.15, 0.2) is 72.8 Å². The number of benzene rings is 3. The van der Waals surface area contributed by atoms with E-state index in [0.29, 0.717) is 18.8 Å². The topological polar surface area (TPSA) is 35.5 Å². The molecular formula is C28H27FO3. The van der Waals surface area contributed by atoms with Crippen molar-refractivity contribution >= 4 is 16.7 Å². The van der Waals surface area contributed by atoms with Crippen LogP contribution in [0.2, 0.25) is 0 Å². The van der Waals surface area contributed by atoms with E-state index < -0.39 is 0 Å². The van der Waals surface area contributed by atoms with Crippen molar-refractivity contribution in [1.82, 2.24) is 0 Å². The van der Waals surface area contributed by atoms with Crippen LogP contribution in [0, 0.1) is 17.7 Å². The number of carbonyl (C=O) groups is 1. The van der Waals surface area contributed by atoms with Crippen LogP contribution in [0.5, 0.6) is 5.75 Å². The fraction of sp³-hybridized carbons (Fsp3) is 0.250. The van der Waals surface area contributed by atoms with E-state index in [4.69, 9.17) is 9.47 Å². The van der Waals surface area contributed by atoms with Gasteiger partial charge in [-0.3, -0.25) is 0 Å². The Labute approximate surface area is 188 Å². The zero-order valence-corrected chi connectivity index (χ0v) is 18.3. The first-order valence-electron chi connectivity index (χ1n) is 10.8. The summed E-state index contributed by atoms with van der Waals surface area (Å²) in [6.45, 7) is 6.30. The molecule has 0 aliphatic carbocycles. The molecule has 0 saturated carbocycles. The van der Waals surface area contributed by atoms with Crippen LogP contribution in [-0.4, -0.2) is 19.2 Å². The SMILES string of the molecule is C=C(C)C(=O)OCCCCCCOc1ccc2cc(C#Cc3ccc(F)cc3)ccc2c1. The zero-order valence-electron chi connectivity index (χ0n) is 18.3. The molecule has 0 saturated heterocycles. The van der Waals surface area contributed by atoms with Crippen LogP contribution in [0.25, 0.3) is 10.8 Å². The van der Waals surface area contributed by atoms with Crippen LogP contribution in [0.3, 0.4) is 0 Å². The van der Waals surface area contributed by atoms with Gasteiger partial charge in [0, 0.05) is 16.7 Å². The molecule has 0 aliphatic rings. The second-order valence-corrected chi connectivity index (χ2v) is 7.66. The van der Waals surface area contributed by atoms with Crippen molar-refractivity contribution < 1.29 is 18.7 Å². The average Bonchev–Trinajstić information content (AvgIpc) is 2.80. The van der Waals surface area contributed by atoms with Crippen molar-refractivity contribution in [3.05, 3.63) is 89.8 Å². The van der Waals surface area contributed by atoms with Crippen LogP contribution >= 0.6 is 0 Å². The van der Waals surface area contributed by atoms with E-state index >= 15 is 0 Å². The molecule has 164 valence electrons. The van der Waals surface area contributed by atoms with E-state index in [1.165, 1.54) is 12.1 Å². The smallest absolute Gasteiger partial charge is 0.333 e. The highest BCUT2D eigenvalue weighted by Crippen LogP contribution is 2.22. The summed E-state index contributed by atoms with van der Waals surface area (Å²) in [4.78, 5) is 11.3. The lowest BCUT2D eigenvalue weighted by Crippen LogP contribution is -2.06. The molecule has 0 atom stereocenters. The number of hydrogen-bond donors (Lipinski definition) is 0. The summed E-state index contributed by atoms with van der Waals surface area (Å²) in [5, 5.41) is 2.18. The maximum absolute atomic E-state index is 13.0. The van der Waals surface area contributed by atoms with E-state index in [0.717, 1.165) is 53.3 Å². The number of fused-ring (bicyclic) bond motifs is 1. The van der Waals surface area contributed by atoms with Crippen LogP contribution in [-0.2, 0) is 9.53 Å². The van der Waals surface area contributed by atoms with Gasteiger partial charge in [0.25, 0.3) is 0 Å². The first-order chi connectivity index (χ1) is 15.5. The quantitative estimate of drug-likeness (QED) is 0.170. The number of hydrogen-bond acceptors (Lipinski definition) is 3. The Morgan fingerprint density at radius 3 is 2.22 bits per heavy atom. The van der Waals surface area contributed by atoms with Gasteiger partial charge in [0.05, 0.1) is 13.2 Å². The minimum atomic E-state index is -0.323. The fourth-order valence-corrected chi connectivity index (χ4v) is 3.10. The highest BCUT2D eigenvalue weighted by molar-refractivity contribution is 5.87. The van der Waals surface area contributed by atoms with Gasteiger partial charge in [-0.15, -0.1) is 0 Å². The third kappa shape index (κ3) is 7.28. The normalized spacial score (nSPS) is 10.3. The van der Waals surface area contributed by atoms with Crippen LogP contribution in [0.1, 0.15) is 43.7 Å². The van der Waals surface area contributed by atoms with Gasteiger partial charge in [0.2, 0.25) is 0 Å². The van der Waals surface area contributed by atoms with E-state index in [1.54, 1.807) is 19.1 Å². The number of rotatable bonds is 9. The standard InChI is InChI=1S/C28H27FO3/c1-21(2)28(30)32-18-6-4-3-5-17-31-27-16-13-24-19-23(9-12-25(24)20-27)8-7-22-10-14-26(29)15-11-22/h9-16,19-20H,1,3-6,17-18H2,2H3. The second kappa shape index (κ2) is 11.7. The molecule has 0 heterocycles. The lowest BCUT2D eigenvalue weighted by molar-refractivity contribution is -0.139. The minimum absolute atomic E-state index is 0.263. The van der Waals surface area contributed by atoms with Gasteiger partial charge in [0.15, 0.2) is 0 Å². The minimum Gasteiger partial charge on any atom is -0.494 e. The molecule has 0 fully saturated rings. The molecule has 3 nitrogen and oxygen atoms in total. The Bertz CT molecular complexity index is 1140. The van der Waals surface area contributed by atoms with Crippen molar-refractivity contribution in [2.24, 2.45) is 0 Å². The molecule has 0 spiro atoms. The Morgan fingerprint density at radius 1 is 0.844 bits per heavy atom. The van der Waals surface area contributed by atoms with Gasteiger partial charge in [-0.1, -0.05) is 30.6 Å². The van der Waals surface area contributed by atoms with Crippen LogP contribution < -0.4 is 4.74 Å². The molecule has 0 aromatic heterocycles. The van der Waals surface area contributed by atoms with E-state index in [1.807, 2.05) is 36.4 Å². The summed E-state index contributed by atoms with van der Waals surface area (Å²) in [7, 11) is 0. The summed E-state index contributed by atoms with van der Waals surface area (Å²) in [6.07, 6.45) is 3.81. The third-order valence-electron chi connectivity index (χ3n) is 4.90. The van der Waals surface area contributed by atoms with Gasteiger partial charge in [-0.05, 0) is 91.9 Å². The van der Waals surface area contributed by atoms with Crippen molar-refractivity contribution in [2.75, 3.05) is 13.2 Å². The van der Waals surface area contributed by atoms with Gasteiger partial charge in [0.1, 0.15) is 11.6 Å². The Hall–Kier alpha value is -3.58. The fourth-order valence-electron chi connectivity index (χ4n) is 3.10. The van der Waals surface area contributed by atoms with E-state index in [-0.39, 0.29) is 11.8 Å². The predicted molar refractivity (Wildman–Crippen MR) is 126 cm³/mol. The number of carbonyl (C=O) groups excluding carboxylic acids is 1. The zero-order chi connectivity index (χ0) is 22.8. The van der Waals surface area contributed by atoms with Gasteiger partial charge >= 0.3 is 5.97 Å². The molecule has 3 aromatic rings. The first-order valence-corrected chi connectivity index (χ1v) is 10.8. The molecule has 0 unspecified atom stereocenters. The van der Waals surface area contributed by atoms with Crippen LogP contribution in [0.4, 0.5) is 4.39 Å². The Balaban J connectivity index is 1.44. The molecule has 0 aliphatic heterocycles. The molecule has 0 bridgehead atoms. The molecule has 3 aromatic carbocycles. The molecule has 4 heteroatoms. The highest BCUT2D eigenvalue weighted by Gasteiger charge is 2.02. The molecular weight excluding hydrogens is 403 g/mol. The number of esters is 1. The lowest BCUT2D eigenvalue weighted by Gasteiger charge is -2.08.